The maximum Gasteiger partial charge on any atom is 0.0965 e. The largest absolute Gasteiger partial charge is 0.394 e. The fraction of sp³-hybridized carbons (Fsp3) is 0.800. The zero-order valence-corrected chi connectivity index (χ0v) is 9.26. The van der Waals surface area contributed by atoms with Gasteiger partial charge in [0, 0.05) is 18.3 Å². The molecule has 1 aliphatic carbocycles. The maximum atomic E-state index is 9.27. The van der Waals surface area contributed by atoms with E-state index in [2.05, 4.69) is 15.6 Å². The van der Waals surface area contributed by atoms with Crippen LogP contribution in [0.25, 0.3) is 0 Å². The van der Waals surface area contributed by atoms with Crippen LogP contribution in [0, 0.1) is 0 Å². The maximum absolute atomic E-state index is 9.27. The van der Waals surface area contributed by atoms with Crippen molar-refractivity contribution in [1.29, 1.82) is 0 Å². The summed E-state index contributed by atoms with van der Waals surface area (Å²) in [6, 6.07) is 0. The highest BCUT2D eigenvalue weighted by atomic mass is 16.3. The Hall–Kier alpha value is -0.980. The van der Waals surface area contributed by atoms with Gasteiger partial charge in [0.25, 0.3) is 0 Å². The number of nitrogens with one attached hydrogen (secondary N) is 1. The van der Waals surface area contributed by atoms with Crippen LogP contribution < -0.4 is 5.32 Å². The van der Waals surface area contributed by atoms with E-state index in [4.69, 9.17) is 5.11 Å². The second-order valence-corrected chi connectivity index (χ2v) is 4.34. The van der Waals surface area contributed by atoms with Gasteiger partial charge in [-0.2, -0.15) is 0 Å². The predicted octanol–water partition coefficient (Wildman–Crippen LogP) is -0.725. The van der Waals surface area contributed by atoms with Crippen molar-refractivity contribution in [3.63, 3.8) is 0 Å². The monoisotopic (exact) mass is 226 g/mol. The van der Waals surface area contributed by atoms with Gasteiger partial charge in [-0.1, -0.05) is 5.21 Å². The van der Waals surface area contributed by atoms with Crippen LogP contribution in [-0.4, -0.2) is 44.0 Å². The third-order valence-corrected chi connectivity index (χ3v) is 3.17. The zero-order chi connectivity index (χ0) is 11.4. The quantitative estimate of drug-likeness (QED) is 0.596. The van der Waals surface area contributed by atoms with Gasteiger partial charge in [0.2, 0.25) is 0 Å². The number of rotatable bonds is 6. The van der Waals surface area contributed by atoms with E-state index in [1.165, 1.54) is 6.42 Å². The summed E-state index contributed by atoms with van der Waals surface area (Å²) in [6.07, 6.45) is 5.03. The Bertz CT molecular complexity index is 330. The van der Waals surface area contributed by atoms with Crippen molar-refractivity contribution in [2.24, 2.45) is 0 Å². The van der Waals surface area contributed by atoms with E-state index in [0.29, 0.717) is 13.1 Å². The number of aliphatic hydroxyl groups is 2. The van der Waals surface area contributed by atoms with Crippen LogP contribution in [0.1, 0.15) is 25.0 Å². The van der Waals surface area contributed by atoms with Crippen molar-refractivity contribution in [1.82, 2.24) is 20.3 Å². The molecule has 0 atom stereocenters. The number of nitrogens with zero attached hydrogens (tertiary/aromatic N) is 3. The standard InChI is InChI=1S/C10H18N4O2/c15-5-4-14-7-9(12-13-14)6-11-10(8-16)2-1-3-10/h7,11,15-16H,1-6,8H2. The van der Waals surface area contributed by atoms with E-state index in [0.717, 1.165) is 18.5 Å². The number of hydrogen-bond donors (Lipinski definition) is 3. The van der Waals surface area contributed by atoms with Crippen molar-refractivity contribution >= 4 is 0 Å². The van der Waals surface area contributed by atoms with Gasteiger partial charge in [0.05, 0.1) is 25.5 Å². The van der Waals surface area contributed by atoms with E-state index in [1.807, 2.05) is 6.20 Å². The molecule has 1 aromatic rings. The molecule has 1 heterocycles. The Labute approximate surface area is 94.3 Å². The lowest BCUT2D eigenvalue weighted by atomic mass is 9.77. The van der Waals surface area contributed by atoms with Gasteiger partial charge in [-0.25, -0.2) is 4.68 Å². The Morgan fingerprint density at radius 2 is 2.25 bits per heavy atom. The van der Waals surface area contributed by atoms with Crippen molar-refractivity contribution in [3.8, 4) is 0 Å². The highest BCUT2D eigenvalue weighted by Gasteiger charge is 2.35. The first-order valence-electron chi connectivity index (χ1n) is 5.64. The van der Waals surface area contributed by atoms with E-state index in [9.17, 15) is 5.11 Å². The van der Waals surface area contributed by atoms with Crippen LogP contribution in [-0.2, 0) is 13.1 Å². The first-order valence-corrected chi connectivity index (χ1v) is 5.64. The molecule has 2 rings (SSSR count). The Morgan fingerprint density at radius 3 is 2.81 bits per heavy atom. The van der Waals surface area contributed by atoms with Gasteiger partial charge < -0.3 is 15.5 Å². The fourth-order valence-electron chi connectivity index (χ4n) is 1.90. The highest BCUT2D eigenvalue weighted by molar-refractivity contribution is 4.99. The van der Waals surface area contributed by atoms with Crippen molar-refractivity contribution in [2.75, 3.05) is 13.2 Å². The third-order valence-electron chi connectivity index (χ3n) is 3.17. The molecule has 0 unspecified atom stereocenters. The minimum Gasteiger partial charge on any atom is -0.394 e. The molecule has 6 nitrogen and oxygen atoms in total. The molecule has 0 bridgehead atoms. The molecule has 1 aromatic heterocycles. The van der Waals surface area contributed by atoms with Crippen LogP contribution in [0.3, 0.4) is 0 Å². The third kappa shape index (κ3) is 2.40. The van der Waals surface area contributed by atoms with Crippen molar-refractivity contribution < 1.29 is 10.2 Å². The zero-order valence-electron chi connectivity index (χ0n) is 9.26. The summed E-state index contributed by atoms with van der Waals surface area (Å²) >= 11 is 0. The normalized spacial score (nSPS) is 18.4. The van der Waals surface area contributed by atoms with E-state index < -0.39 is 0 Å². The minimum absolute atomic E-state index is 0.0663. The Morgan fingerprint density at radius 1 is 1.44 bits per heavy atom. The number of aromatic nitrogens is 3. The molecular formula is C10H18N4O2. The molecule has 0 amide bonds. The van der Waals surface area contributed by atoms with Gasteiger partial charge in [0.15, 0.2) is 0 Å². The average Bonchev–Trinajstić information content (AvgIpc) is 2.66. The predicted molar refractivity (Wildman–Crippen MR) is 57.6 cm³/mol. The number of hydrogen-bond acceptors (Lipinski definition) is 5. The molecule has 1 fully saturated rings. The Balaban J connectivity index is 1.84. The fourth-order valence-corrected chi connectivity index (χ4v) is 1.90. The van der Waals surface area contributed by atoms with Crippen LogP contribution in [0.5, 0.6) is 0 Å². The second kappa shape index (κ2) is 4.90. The molecule has 0 aliphatic heterocycles. The van der Waals surface area contributed by atoms with Crippen molar-refractivity contribution in [2.45, 2.75) is 37.9 Å². The molecule has 90 valence electrons. The van der Waals surface area contributed by atoms with Crippen LogP contribution in [0.4, 0.5) is 0 Å². The molecule has 0 spiro atoms. The van der Waals surface area contributed by atoms with E-state index in [-0.39, 0.29) is 18.8 Å². The summed E-state index contributed by atoms with van der Waals surface area (Å²) in [4.78, 5) is 0. The topological polar surface area (TPSA) is 83.2 Å². The van der Waals surface area contributed by atoms with Crippen LogP contribution in [0.15, 0.2) is 6.20 Å². The van der Waals surface area contributed by atoms with Crippen molar-refractivity contribution in [3.05, 3.63) is 11.9 Å². The van der Waals surface area contributed by atoms with Gasteiger partial charge >= 0.3 is 0 Å². The summed E-state index contributed by atoms with van der Waals surface area (Å²) in [5, 5.41) is 29.2. The van der Waals surface area contributed by atoms with E-state index in [1.54, 1.807) is 4.68 Å². The molecule has 0 aromatic carbocycles. The summed E-state index contributed by atoms with van der Waals surface area (Å²) in [5.41, 5.74) is 0.744. The molecule has 1 aliphatic rings. The Kier molecular flexibility index (Phi) is 3.52. The average molecular weight is 226 g/mol. The SMILES string of the molecule is OCCn1cc(CNC2(CO)CCC2)nn1. The molecule has 6 heteroatoms. The first kappa shape index (κ1) is 11.5. The summed E-state index contributed by atoms with van der Waals surface area (Å²) in [5.74, 6) is 0. The van der Waals surface area contributed by atoms with Gasteiger partial charge in [0.1, 0.15) is 0 Å². The smallest absolute Gasteiger partial charge is 0.0965 e. The van der Waals surface area contributed by atoms with Gasteiger partial charge in [-0.3, -0.25) is 0 Å². The van der Waals surface area contributed by atoms with Crippen LogP contribution in [0.2, 0.25) is 0 Å². The lowest BCUT2D eigenvalue weighted by molar-refractivity contribution is 0.0868. The van der Waals surface area contributed by atoms with E-state index >= 15 is 0 Å². The highest BCUT2D eigenvalue weighted by Crippen LogP contribution is 2.31. The number of aliphatic hydroxyl groups excluding tert-OH is 2. The summed E-state index contributed by atoms with van der Waals surface area (Å²) in [6.45, 7) is 1.33. The molecule has 0 radical (unpaired) electrons. The summed E-state index contributed by atoms with van der Waals surface area (Å²) < 4.78 is 1.61. The van der Waals surface area contributed by atoms with Gasteiger partial charge in [-0.15, -0.1) is 5.10 Å². The summed E-state index contributed by atoms with van der Waals surface area (Å²) in [7, 11) is 0. The molecule has 0 saturated heterocycles. The molecule has 3 N–H and O–H groups in total. The molecular weight excluding hydrogens is 208 g/mol. The molecule has 16 heavy (non-hydrogen) atoms. The first-order chi connectivity index (χ1) is 7.78. The minimum atomic E-state index is -0.0965. The molecule has 1 saturated carbocycles. The second-order valence-electron chi connectivity index (χ2n) is 4.34. The lowest BCUT2D eigenvalue weighted by Crippen LogP contribution is -2.53. The van der Waals surface area contributed by atoms with Crippen LogP contribution >= 0.6 is 0 Å². The van der Waals surface area contributed by atoms with Gasteiger partial charge in [-0.05, 0) is 19.3 Å². The lowest BCUT2D eigenvalue weighted by Gasteiger charge is -2.41.